The molecule has 4 nitrogen and oxygen atoms in total. The van der Waals surface area contributed by atoms with Gasteiger partial charge in [-0.15, -0.1) is 0 Å². The standard InChI is InChI=1S/C17H16O4/c18-16(19)17(20-11-4-12-21-17)15-9-7-14(8-10-15)13-5-2-1-3-6-13/h1-3,5-10H,4,11-12H2,(H,18,19). The van der Waals surface area contributed by atoms with Gasteiger partial charge in [-0.3, -0.25) is 0 Å². The Morgan fingerprint density at radius 3 is 2.05 bits per heavy atom. The minimum absolute atomic E-state index is 0.382. The highest BCUT2D eigenvalue weighted by molar-refractivity contribution is 5.78. The van der Waals surface area contributed by atoms with Crippen LogP contribution in [0, 0.1) is 0 Å². The normalized spacial score (nSPS) is 17.3. The molecule has 0 aliphatic carbocycles. The molecule has 4 heteroatoms. The van der Waals surface area contributed by atoms with E-state index in [0.717, 1.165) is 11.1 Å². The van der Waals surface area contributed by atoms with Crippen molar-refractivity contribution in [1.82, 2.24) is 0 Å². The van der Waals surface area contributed by atoms with E-state index < -0.39 is 11.8 Å². The molecule has 0 aromatic heterocycles. The van der Waals surface area contributed by atoms with Gasteiger partial charge in [-0.05, 0) is 17.5 Å². The SMILES string of the molecule is O=C(O)C1(c2ccc(-c3ccccc3)cc2)OCCCO1. The molecule has 21 heavy (non-hydrogen) atoms. The van der Waals surface area contributed by atoms with Gasteiger partial charge < -0.3 is 14.6 Å². The Labute approximate surface area is 122 Å². The molecule has 2 aromatic rings. The second kappa shape index (κ2) is 5.68. The zero-order valence-electron chi connectivity index (χ0n) is 11.5. The van der Waals surface area contributed by atoms with Crippen LogP contribution in [0.4, 0.5) is 0 Å². The third kappa shape index (κ3) is 2.55. The largest absolute Gasteiger partial charge is 0.477 e. The molecule has 1 N–H and O–H groups in total. The van der Waals surface area contributed by atoms with Crippen molar-refractivity contribution in [3.63, 3.8) is 0 Å². The van der Waals surface area contributed by atoms with Gasteiger partial charge in [0.25, 0.3) is 5.79 Å². The molecule has 0 atom stereocenters. The van der Waals surface area contributed by atoms with Crippen LogP contribution in [0.3, 0.4) is 0 Å². The molecule has 1 aliphatic rings. The smallest absolute Gasteiger partial charge is 0.369 e. The van der Waals surface area contributed by atoms with Crippen molar-refractivity contribution >= 4 is 5.97 Å². The highest BCUT2D eigenvalue weighted by Gasteiger charge is 2.45. The molecule has 0 saturated carbocycles. The lowest BCUT2D eigenvalue weighted by atomic mass is 9.99. The first-order valence-corrected chi connectivity index (χ1v) is 6.90. The quantitative estimate of drug-likeness (QED) is 0.941. The van der Waals surface area contributed by atoms with E-state index in [1.807, 2.05) is 42.5 Å². The highest BCUT2D eigenvalue weighted by atomic mass is 16.7. The molecule has 0 radical (unpaired) electrons. The number of benzene rings is 2. The number of hydrogen-bond acceptors (Lipinski definition) is 3. The average molecular weight is 284 g/mol. The number of aliphatic carboxylic acids is 1. The summed E-state index contributed by atoms with van der Waals surface area (Å²) in [5.74, 6) is -2.79. The minimum Gasteiger partial charge on any atom is -0.477 e. The van der Waals surface area contributed by atoms with Gasteiger partial charge in [-0.1, -0.05) is 54.6 Å². The number of carbonyl (C=O) groups is 1. The van der Waals surface area contributed by atoms with Crippen molar-refractivity contribution in [3.05, 3.63) is 60.2 Å². The number of carboxylic acids is 1. The summed E-state index contributed by atoms with van der Waals surface area (Å²) in [5, 5.41) is 9.48. The van der Waals surface area contributed by atoms with Crippen molar-refractivity contribution in [3.8, 4) is 11.1 Å². The Balaban J connectivity index is 1.94. The number of ether oxygens (including phenoxy) is 2. The zero-order valence-corrected chi connectivity index (χ0v) is 11.5. The summed E-state index contributed by atoms with van der Waals surface area (Å²) in [6.07, 6.45) is 0.705. The summed E-state index contributed by atoms with van der Waals surface area (Å²) in [4.78, 5) is 11.6. The molecule has 0 bridgehead atoms. The Morgan fingerprint density at radius 1 is 0.905 bits per heavy atom. The van der Waals surface area contributed by atoms with Crippen LogP contribution >= 0.6 is 0 Å². The molecular formula is C17H16O4. The lowest BCUT2D eigenvalue weighted by Gasteiger charge is -2.33. The molecule has 3 rings (SSSR count). The molecule has 0 amide bonds. The van der Waals surface area contributed by atoms with Gasteiger partial charge in [0.1, 0.15) is 0 Å². The Bertz CT molecular complexity index is 613. The van der Waals surface area contributed by atoms with Crippen molar-refractivity contribution in [2.45, 2.75) is 12.2 Å². The first kappa shape index (κ1) is 13.8. The van der Waals surface area contributed by atoms with Crippen LogP contribution in [0.15, 0.2) is 54.6 Å². The van der Waals surface area contributed by atoms with E-state index in [9.17, 15) is 9.90 Å². The number of hydrogen-bond donors (Lipinski definition) is 1. The van der Waals surface area contributed by atoms with Crippen molar-refractivity contribution in [2.24, 2.45) is 0 Å². The number of carboxylic acid groups (broad SMARTS) is 1. The summed E-state index contributed by atoms with van der Waals surface area (Å²) in [5.41, 5.74) is 2.61. The van der Waals surface area contributed by atoms with Crippen LogP contribution in [0.25, 0.3) is 11.1 Å². The average Bonchev–Trinajstić information content (AvgIpc) is 2.56. The molecule has 108 valence electrons. The molecule has 1 aliphatic heterocycles. The molecule has 1 heterocycles. The summed E-state index contributed by atoms with van der Waals surface area (Å²) in [6.45, 7) is 0.763. The first-order valence-electron chi connectivity index (χ1n) is 6.90. The molecule has 1 saturated heterocycles. The van der Waals surface area contributed by atoms with Crippen LogP contribution in [0.5, 0.6) is 0 Å². The predicted octanol–water partition coefficient (Wildman–Crippen LogP) is 3.03. The summed E-state index contributed by atoms with van der Waals surface area (Å²) >= 11 is 0. The van der Waals surface area contributed by atoms with Crippen LogP contribution in [0.2, 0.25) is 0 Å². The van der Waals surface area contributed by atoms with Crippen LogP contribution < -0.4 is 0 Å². The maximum atomic E-state index is 11.6. The zero-order chi connectivity index (χ0) is 14.7. The van der Waals surface area contributed by atoms with E-state index in [2.05, 4.69) is 0 Å². The van der Waals surface area contributed by atoms with E-state index in [4.69, 9.17) is 9.47 Å². The fraction of sp³-hybridized carbons (Fsp3) is 0.235. The lowest BCUT2D eigenvalue weighted by Crippen LogP contribution is -2.45. The Morgan fingerprint density at radius 2 is 1.48 bits per heavy atom. The number of rotatable bonds is 3. The topological polar surface area (TPSA) is 55.8 Å². The minimum atomic E-state index is -1.67. The van der Waals surface area contributed by atoms with Crippen LogP contribution in [-0.2, 0) is 20.1 Å². The van der Waals surface area contributed by atoms with E-state index in [1.165, 1.54) is 0 Å². The van der Waals surface area contributed by atoms with Crippen molar-refractivity contribution in [1.29, 1.82) is 0 Å². The van der Waals surface area contributed by atoms with E-state index >= 15 is 0 Å². The second-order valence-electron chi connectivity index (χ2n) is 4.92. The fourth-order valence-electron chi connectivity index (χ4n) is 2.46. The predicted molar refractivity (Wildman–Crippen MR) is 77.7 cm³/mol. The van der Waals surface area contributed by atoms with Crippen LogP contribution in [0.1, 0.15) is 12.0 Å². The van der Waals surface area contributed by atoms with Gasteiger partial charge in [0.05, 0.1) is 13.2 Å². The summed E-state index contributed by atoms with van der Waals surface area (Å²) in [6, 6.07) is 17.2. The lowest BCUT2D eigenvalue weighted by molar-refractivity contribution is -0.273. The van der Waals surface area contributed by atoms with Gasteiger partial charge in [0.15, 0.2) is 0 Å². The third-order valence-corrected chi connectivity index (χ3v) is 3.55. The monoisotopic (exact) mass is 284 g/mol. The van der Waals surface area contributed by atoms with Gasteiger partial charge in [-0.25, -0.2) is 4.79 Å². The first-order chi connectivity index (χ1) is 10.2. The van der Waals surface area contributed by atoms with Crippen LogP contribution in [-0.4, -0.2) is 24.3 Å². The second-order valence-corrected chi connectivity index (χ2v) is 4.92. The van der Waals surface area contributed by atoms with Gasteiger partial charge in [0.2, 0.25) is 0 Å². The summed E-state index contributed by atoms with van der Waals surface area (Å²) < 4.78 is 10.9. The molecule has 2 aromatic carbocycles. The fourth-order valence-corrected chi connectivity index (χ4v) is 2.46. The highest BCUT2D eigenvalue weighted by Crippen LogP contribution is 2.32. The van der Waals surface area contributed by atoms with Crippen molar-refractivity contribution < 1.29 is 19.4 Å². The molecular weight excluding hydrogens is 268 g/mol. The van der Waals surface area contributed by atoms with E-state index in [0.29, 0.717) is 25.2 Å². The maximum absolute atomic E-state index is 11.6. The Hall–Kier alpha value is -2.17. The third-order valence-electron chi connectivity index (χ3n) is 3.55. The Kier molecular flexibility index (Phi) is 3.73. The maximum Gasteiger partial charge on any atom is 0.369 e. The van der Waals surface area contributed by atoms with Gasteiger partial charge >= 0.3 is 5.97 Å². The molecule has 1 fully saturated rings. The van der Waals surface area contributed by atoms with Gasteiger partial charge in [0, 0.05) is 5.56 Å². The molecule has 0 unspecified atom stereocenters. The van der Waals surface area contributed by atoms with Crippen molar-refractivity contribution in [2.75, 3.05) is 13.2 Å². The summed E-state index contributed by atoms with van der Waals surface area (Å²) in [7, 11) is 0. The van der Waals surface area contributed by atoms with Gasteiger partial charge in [-0.2, -0.15) is 0 Å². The van der Waals surface area contributed by atoms with E-state index in [1.54, 1.807) is 12.1 Å². The molecule has 0 spiro atoms. The van der Waals surface area contributed by atoms with E-state index in [-0.39, 0.29) is 0 Å².